The fraction of sp³-hybridized carbons (Fsp3) is 0.333. The van der Waals surface area contributed by atoms with E-state index in [4.69, 9.17) is 5.73 Å². The molecule has 2 aromatic carbocycles. The summed E-state index contributed by atoms with van der Waals surface area (Å²) in [4.78, 5) is 0. The minimum absolute atomic E-state index is 0.0532. The quantitative estimate of drug-likeness (QED) is 0.816. The summed E-state index contributed by atoms with van der Waals surface area (Å²) in [6, 6.07) is 13.3. The van der Waals surface area contributed by atoms with E-state index in [0.717, 1.165) is 11.1 Å². The zero-order chi connectivity index (χ0) is 15.6. The van der Waals surface area contributed by atoms with Crippen LogP contribution in [-0.4, -0.2) is 0 Å². The largest absolute Gasteiger partial charge is 0.324 e. The molecule has 112 valence electrons. The van der Waals surface area contributed by atoms with Gasteiger partial charge in [-0.3, -0.25) is 0 Å². The van der Waals surface area contributed by atoms with Crippen molar-refractivity contribution >= 4 is 15.9 Å². The molecule has 0 aliphatic heterocycles. The predicted molar refractivity (Wildman–Crippen MR) is 89.9 cm³/mol. The number of rotatable bonds is 3. The van der Waals surface area contributed by atoms with Crippen molar-refractivity contribution in [2.75, 3.05) is 0 Å². The zero-order valence-electron chi connectivity index (χ0n) is 12.7. The van der Waals surface area contributed by atoms with Crippen molar-refractivity contribution in [1.29, 1.82) is 0 Å². The van der Waals surface area contributed by atoms with E-state index in [0.29, 0.717) is 10.9 Å². The fourth-order valence-electron chi connectivity index (χ4n) is 2.53. The molecule has 0 radical (unpaired) electrons. The average molecular weight is 350 g/mol. The lowest BCUT2D eigenvalue weighted by atomic mass is 9.81. The Kier molecular flexibility index (Phi) is 4.84. The van der Waals surface area contributed by atoms with Crippen LogP contribution in [0.4, 0.5) is 4.39 Å². The zero-order valence-corrected chi connectivity index (χ0v) is 14.2. The van der Waals surface area contributed by atoms with Crippen LogP contribution in [-0.2, 0) is 11.8 Å². The molecule has 2 aromatic rings. The lowest BCUT2D eigenvalue weighted by Gasteiger charge is -2.26. The molecule has 0 saturated heterocycles. The highest BCUT2D eigenvalue weighted by molar-refractivity contribution is 9.10. The highest BCUT2D eigenvalue weighted by atomic mass is 79.9. The first-order valence-corrected chi connectivity index (χ1v) is 7.87. The van der Waals surface area contributed by atoms with E-state index in [1.165, 1.54) is 11.6 Å². The molecule has 1 atom stereocenters. The summed E-state index contributed by atoms with van der Waals surface area (Å²) in [7, 11) is 0. The number of hydrogen-bond donors (Lipinski definition) is 1. The Labute approximate surface area is 134 Å². The minimum atomic E-state index is -0.248. The second kappa shape index (κ2) is 6.29. The molecule has 0 aliphatic carbocycles. The van der Waals surface area contributed by atoms with Gasteiger partial charge in [0.05, 0.1) is 4.47 Å². The van der Waals surface area contributed by atoms with Gasteiger partial charge >= 0.3 is 0 Å². The molecule has 0 spiro atoms. The predicted octanol–water partition coefficient (Wildman–Crippen LogP) is 5.13. The average Bonchev–Trinajstić information content (AvgIpc) is 2.42. The monoisotopic (exact) mass is 349 g/mol. The van der Waals surface area contributed by atoms with Crippen molar-refractivity contribution in [3.8, 4) is 0 Å². The minimum Gasteiger partial charge on any atom is -0.324 e. The molecular weight excluding hydrogens is 329 g/mol. The number of benzene rings is 2. The first-order valence-electron chi connectivity index (χ1n) is 7.08. The maximum absolute atomic E-state index is 13.3. The molecule has 2 N–H and O–H groups in total. The molecular formula is C18H21BrFN. The van der Waals surface area contributed by atoms with Gasteiger partial charge < -0.3 is 5.73 Å². The van der Waals surface area contributed by atoms with Crippen molar-refractivity contribution in [1.82, 2.24) is 0 Å². The van der Waals surface area contributed by atoms with Crippen LogP contribution in [0.2, 0.25) is 0 Å². The Balaban J connectivity index is 2.28. The van der Waals surface area contributed by atoms with E-state index < -0.39 is 0 Å². The van der Waals surface area contributed by atoms with Gasteiger partial charge in [-0.25, -0.2) is 4.39 Å². The van der Waals surface area contributed by atoms with Gasteiger partial charge in [0.1, 0.15) is 5.82 Å². The Morgan fingerprint density at radius 1 is 1.14 bits per heavy atom. The van der Waals surface area contributed by atoms with Crippen LogP contribution in [0.1, 0.15) is 43.5 Å². The first kappa shape index (κ1) is 16.2. The highest BCUT2D eigenvalue weighted by Gasteiger charge is 2.20. The van der Waals surface area contributed by atoms with Crippen LogP contribution in [0.3, 0.4) is 0 Å². The number of halogens is 2. The number of hydrogen-bond acceptors (Lipinski definition) is 1. The molecule has 2 rings (SSSR count). The lowest BCUT2D eigenvalue weighted by Crippen LogP contribution is -2.21. The second-order valence-electron chi connectivity index (χ2n) is 6.40. The van der Waals surface area contributed by atoms with E-state index >= 15 is 0 Å². The van der Waals surface area contributed by atoms with Crippen LogP contribution in [0.15, 0.2) is 46.9 Å². The summed E-state index contributed by atoms with van der Waals surface area (Å²) in [5.41, 5.74) is 9.90. The third-order valence-corrected chi connectivity index (χ3v) is 4.22. The summed E-state index contributed by atoms with van der Waals surface area (Å²) < 4.78 is 13.8. The smallest absolute Gasteiger partial charge is 0.137 e. The van der Waals surface area contributed by atoms with Gasteiger partial charge in [0.2, 0.25) is 0 Å². The molecule has 0 aliphatic rings. The van der Waals surface area contributed by atoms with Crippen molar-refractivity contribution < 1.29 is 4.39 Å². The first-order chi connectivity index (χ1) is 9.79. The van der Waals surface area contributed by atoms with Crippen molar-refractivity contribution in [3.63, 3.8) is 0 Å². The molecule has 1 unspecified atom stereocenters. The van der Waals surface area contributed by atoms with Crippen molar-refractivity contribution in [2.24, 2.45) is 5.73 Å². The standard InChI is InChI=1S/C18H21BrFN/c1-18(2,3)14-7-5-4-6-13(14)17(21)11-12-8-9-16(20)15(19)10-12/h4-10,17H,11,21H2,1-3H3. The molecule has 0 heterocycles. The topological polar surface area (TPSA) is 26.0 Å². The van der Waals surface area contributed by atoms with Crippen LogP contribution in [0.5, 0.6) is 0 Å². The highest BCUT2D eigenvalue weighted by Crippen LogP contribution is 2.30. The summed E-state index contributed by atoms with van der Waals surface area (Å²) >= 11 is 3.22. The molecule has 21 heavy (non-hydrogen) atoms. The van der Waals surface area contributed by atoms with Gasteiger partial charge in [-0.15, -0.1) is 0 Å². The van der Waals surface area contributed by atoms with Gasteiger partial charge in [-0.1, -0.05) is 51.1 Å². The molecule has 0 saturated carbocycles. The van der Waals surface area contributed by atoms with Crippen molar-refractivity contribution in [3.05, 3.63) is 69.4 Å². The summed E-state index contributed by atoms with van der Waals surface area (Å²) in [5, 5.41) is 0. The van der Waals surface area contributed by atoms with Crippen LogP contribution >= 0.6 is 15.9 Å². The Bertz CT molecular complexity index is 631. The molecule has 0 aromatic heterocycles. The van der Waals surface area contributed by atoms with Crippen LogP contribution < -0.4 is 5.73 Å². The lowest BCUT2D eigenvalue weighted by molar-refractivity contribution is 0.568. The molecule has 1 nitrogen and oxygen atoms in total. The maximum Gasteiger partial charge on any atom is 0.137 e. The Morgan fingerprint density at radius 2 is 1.81 bits per heavy atom. The summed E-state index contributed by atoms with van der Waals surface area (Å²) in [6.45, 7) is 6.56. The van der Waals surface area contributed by atoms with E-state index in [-0.39, 0.29) is 17.3 Å². The summed E-state index contributed by atoms with van der Waals surface area (Å²) in [6.07, 6.45) is 0.686. The maximum atomic E-state index is 13.3. The SMILES string of the molecule is CC(C)(C)c1ccccc1C(N)Cc1ccc(F)c(Br)c1. The van der Waals surface area contributed by atoms with Crippen LogP contribution in [0, 0.1) is 5.82 Å². The molecule has 0 bridgehead atoms. The van der Waals surface area contributed by atoms with E-state index in [2.05, 4.69) is 48.8 Å². The third-order valence-electron chi connectivity index (χ3n) is 3.61. The van der Waals surface area contributed by atoms with Gasteiger partial charge in [-0.2, -0.15) is 0 Å². The number of nitrogens with two attached hydrogens (primary N) is 1. The van der Waals surface area contributed by atoms with Gasteiger partial charge in [-0.05, 0) is 56.6 Å². The Hall–Kier alpha value is -1.19. The third kappa shape index (κ3) is 3.92. The Morgan fingerprint density at radius 3 is 2.43 bits per heavy atom. The molecule has 0 fully saturated rings. The fourth-order valence-corrected chi connectivity index (χ4v) is 2.96. The normalized spacial score (nSPS) is 13.2. The van der Waals surface area contributed by atoms with Crippen molar-refractivity contribution in [2.45, 2.75) is 38.6 Å². The van der Waals surface area contributed by atoms with Gasteiger partial charge in [0.25, 0.3) is 0 Å². The van der Waals surface area contributed by atoms with Gasteiger partial charge in [0, 0.05) is 6.04 Å². The summed E-state index contributed by atoms with van der Waals surface area (Å²) in [5.74, 6) is -0.248. The van der Waals surface area contributed by atoms with E-state index in [1.54, 1.807) is 12.1 Å². The van der Waals surface area contributed by atoms with E-state index in [1.807, 2.05) is 12.1 Å². The van der Waals surface area contributed by atoms with Gasteiger partial charge in [0.15, 0.2) is 0 Å². The second-order valence-corrected chi connectivity index (χ2v) is 7.25. The van der Waals surface area contributed by atoms with E-state index in [9.17, 15) is 4.39 Å². The van der Waals surface area contributed by atoms with Crippen LogP contribution in [0.25, 0.3) is 0 Å². The molecule has 3 heteroatoms. The molecule has 0 amide bonds.